The van der Waals surface area contributed by atoms with Crippen LogP contribution in [0.2, 0.25) is 0 Å². The second kappa shape index (κ2) is 8.77. The van der Waals surface area contributed by atoms with Crippen LogP contribution in [0.4, 0.5) is 11.4 Å². The minimum absolute atomic E-state index is 0.298. The van der Waals surface area contributed by atoms with Gasteiger partial charge in [0.2, 0.25) is 15.9 Å². The Bertz CT molecular complexity index is 884. The zero-order valence-corrected chi connectivity index (χ0v) is 16.6. The number of rotatable bonds is 8. The van der Waals surface area contributed by atoms with Crippen LogP contribution in [0.5, 0.6) is 11.5 Å². The summed E-state index contributed by atoms with van der Waals surface area (Å²) in [5, 5.41) is 2.76. The van der Waals surface area contributed by atoms with Gasteiger partial charge >= 0.3 is 0 Å². The van der Waals surface area contributed by atoms with Gasteiger partial charge in [-0.3, -0.25) is 9.10 Å². The second-order valence-corrected chi connectivity index (χ2v) is 7.73. The molecular weight excluding hydrogens is 368 g/mol. The molecule has 7 nitrogen and oxygen atoms in total. The van der Waals surface area contributed by atoms with Crippen molar-refractivity contribution in [2.24, 2.45) is 0 Å². The van der Waals surface area contributed by atoms with Crippen LogP contribution < -0.4 is 19.1 Å². The minimum Gasteiger partial charge on any atom is -0.497 e. The van der Waals surface area contributed by atoms with E-state index in [1.165, 1.54) is 14.2 Å². The van der Waals surface area contributed by atoms with E-state index >= 15 is 0 Å². The number of carbonyl (C=O) groups excluding carboxylic acids is 1. The molecule has 1 amide bonds. The molecule has 0 aromatic heterocycles. The first-order valence-corrected chi connectivity index (χ1v) is 10.2. The Kier molecular flexibility index (Phi) is 6.68. The Labute approximate surface area is 160 Å². The summed E-state index contributed by atoms with van der Waals surface area (Å²) in [7, 11) is -0.659. The van der Waals surface area contributed by atoms with E-state index in [-0.39, 0.29) is 0 Å². The number of nitrogens with zero attached hydrogens (tertiary/aromatic N) is 1. The number of anilines is 2. The number of hydrogen-bond acceptors (Lipinski definition) is 5. The first-order chi connectivity index (χ1) is 12.8. The molecule has 0 unspecified atom stereocenters. The lowest BCUT2D eigenvalue weighted by atomic mass is 10.1. The topological polar surface area (TPSA) is 84.9 Å². The molecule has 0 aliphatic heterocycles. The van der Waals surface area contributed by atoms with Crippen molar-refractivity contribution in [3.05, 3.63) is 48.5 Å². The predicted molar refractivity (Wildman–Crippen MR) is 106 cm³/mol. The van der Waals surface area contributed by atoms with Crippen LogP contribution in [0, 0.1) is 0 Å². The predicted octanol–water partition coefficient (Wildman–Crippen LogP) is 2.89. The van der Waals surface area contributed by atoms with Crippen LogP contribution in [0.15, 0.2) is 48.5 Å². The molecule has 0 aliphatic rings. The lowest BCUT2D eigenvalue weighted by Crippen LogP contribution is -2.47. The highest BCUT2D eigenvalue weighted by Gasteiger charge is 2.31. The Balaban J connectivity index is 2.37. The maximum atomic E-state index is 12.9. The van der Waals surface area contributed by atoms with E-state index < -0.39 is 22.0 Å². The number of carbonyl (C=O) groups is 1. The van der Waals surface area contributed by atoms with Gasteiger partial charge in [-0.1, -0.05) is 25.1 Å². The number of methoxy groups -OCH3 is 2. The molecule has 146 valence electrons. The lowest BCUT2D eigenvalue weighted by molar-refractivity contribution is -0.117. The van der Waals surface area contributed by atoms with E-state index in [0.717, 1.165) is 10.6 Å². The van der Waals surface area contributed by atoms with Crippen molar-refractivity contribution in [3.63, 3.8) is 0 Å². The van der Waals surface area contributed by atoms with Crippen molar-refractivity contribution < 1.29 is 22.7 Å². The molecule has 2 rings (SSSR count). The van der Waals surface area contributed by atoms with E-state index in [0.29, 0.717) is 29.3 Å². The number of hydrogen-bond donors (Lipinski definition) is 1. The van der Waals surface area contributed by atoms with Crippen molar-refractivity contribution >= 4 is 27.3 Å². The van der Waals surface area contributed by atoms with Gasteiger partial charge in [-0.15, -0.1) is 0 Å². The van der Waals surface area contributed by atoms with Crippen LogP contribution >= 0.6 is 0 Å². The number of sulfonamides is 1. The fraction of sp³-hybridized carbons (Fsp3) is 0.316. The summed E-state index contributed by atoms with van der Waals surface area (Å²) in [6.07, 6.45) is 1.39. The number of para-hydroxylation sites is 1. The van der Waals surface area contributed by atoms with Gasteiger partial charge in [-0.25, -0.2) is 8.42 Å². The van der Waals surface area contributed by atoms with E-state index in [9.17, 15) is 13.2 Å². The summed E-state index contributed by atoms with van der Waals surface area (Å²) < 4.78 is 36.4. The number of benzene rings is 2. The molecule has 0 heterocycles. The van der Waals surface area contributed by atoms with Crippen molar-refractivity contribution in [2.75, 3.05) is 30.1 Å². The molecule has 27 heavy (non-hydrogen) atoms. The van der Waals surface area contributed by atoms with Gasteiger partial charge in [0, 0.05) is 6.07 Å². The van der Waals surface area contributed by atoms with Crippen molar-refractivity contribution in [3.8, 4) is 11.5 Å². The quantitative estimate of drug-likeness (QED) is 0.747. The molecule has 0 radical (unpaired) electrons. The highest BCUT2D eigenvalue weighted by Crippen LogP contribution is 2.30. The molecule has 0 spiro atoms. The van der Waals surface area contributed by atoms with E-state index in [2.05, 4.69) is 5.32 Å². The first-order valence-electron chi connectivity index (χ1n) is 8.39. The third kappa shape index (κ3) is 4.91. The third-order valence-corrected chi connectivity index (χ3v) is 5.19. The summed E-state index contributed by atoms with van der Waals surface area (Å²) in [4.78, 5) is 12.9. The van der Waals surface area contributed by atoms with E-state index in [1.54, 1.807) is 55.5 Å². The van der Waals surface area contributed by atoms with Gasteiger partial charge in [-0.05, 0) is 30.7 Å². The minimum atomic E-state index is -3.67. The van der Waals surface area contributed by atoms with Gasteiger partial charge in [0.15, 0.2) is 0 Å². The van der Waals surface area contributed by atoms with Crippen LogP contribution in [-0.4, -0.2) is 40.8 Å². The SMILES string of the molecule is CC[C@H](C(=O)Nc1ccc(OC)cc1OC)N(c1ccccc1)S(C)(=O)=O. The molecule has 0 fully saturated rings. The molecule has 1 atom stereocenters. The molecule has 0 saturated carbocycles. The average molecular weight is 392 g/mol. The van der Waals surface area contributed by atoms with Crippen molar-refractivity contribution in [1.82, 2.24) is 0 Å². The molecule has 8 heteroatoms. The summed E-state index contributed by atoms with van der Waals surface area (Å²) in [6.45, 7) is 1.76. The van der Waals surface area contributed by atoms with Gasteiger partial charge in [0.1, 0.15) is 17.5 Å². The monoisotopic (exact) mass is 392 g/mol. The van der Waals surface area contributed by atoms with Crippen molar-refractivity contribution in [1.29, 1.82) is 0 Å². The Hall–Kier alpha value is -2.74. The molecule has 0 aliphatic carbocycles. The summed E-state index contributed by atoms with van der Waals surface area (Å²) >= 11 is 0. The molecule has 2 aromatic rings. The Morgan fingerprint density at radius 3 is 2.30 bits per heavy atom. The maximum absolute atomic E-state index is 12.9. The zero-order valence-electron chi connectivity index (χ0n) is 15.8. The van der Waals surface area contributed by atoms with Gasteiger partial charge in [0.25, 0.3) is 0 Å². The normalized spacial score (nSPS) is 12.1. The fourth-order valence-electron chi connectivity index (χ4n) is 2.75. The third-order valence-electron chi connectivity index (χ3n) is 4.01. The van der Waals surface area contributed by atoms with Crippen molar-refractivity contribution in [2.45, 2.75) is 19.4 Å². The smallest absolute Gasteiger partial charge is 0.248 e. The average Bonchev–Trinajstić information content (AvgIpc) is 2.65. The standard InChI is InChI=1S/C19H24N2O5S/c1-5-17(21(27(4,23)24)14-9-7-6-8-10-14)19(22)20-16-12-11-15(25-2)13-18(16)26-3/h6-13,17H,5H2,1-4H3,(H,20,22)/t17-/m1/s1. The summed E-state index contributed by atoms with van der Waals surface area (Å²) in [6, 6.07) is 12.6. The van der Waals surface area contributed by atoms with E-state index in [1.807, 2.05) is 0 Å². The van der Waals surface area contributed by atoms with Gasteiger partial charge < -0.3 is 14.8 Å². The maximum Gasteiger partial charge on any atom is 0.248 e. The van der Waals surface area contributed by atoms with Gasteiger partial charge in [0.05, 0.1) is 31.9 Å². The van der Waals surface area contributed by atoms with Crippen LogP contribution in [0.3, 0.4) is 0 Å². The molecule has 0 saturated heterocycles. The molecule has 0 bridgehead atoms. The highest BCUT2D eigenvalue weighted by atomic mass is 32.2. The number of amides is 1. The largest absolute Gasteiger partial charge is 0.497 e. The fourth-order valence-corrected chi connectivity index (χ4v) is 3.96. The number of nitrogens with one attached hydrogen (secondary N) is 1. The Morgan fingerprint density at radius 2 is 1.78 bits per heavy atom. The number of ether oxygens (including phenoxy) is 2. The summed E-state index contributed by atoms with van der Waals surface area (Å²) in [5.41, 5.74) is 0.868. The lowest BCUT2D eigenvalue weighted by Gasteiger charge is -2.30. The molecular formula is C19H24N2O5S. The zero-order chi connectivity index (χ0) is 20.0. The molecule has 1 N–H and O–H groups in total. The first kappa shape index (κ1) is 20.6. The Morgan fingerprint density at radius 1 is 1.11 bits per heavy atom. The van der Waals surface area contributed by atoms with E-state index in [4.69, 9.17) is 9.47 Å². The van der Waals surface area contributed by atoms with Gasteiger partial charge in [-0.2, -0.15) is 0 Å². The molecule has 2 aromatic carbocycles. The summed E-state index contributed by atoms with van der Waals surface area (Å²) in [5.74, 6) is 0.553. The van der Waals surface area contributed by atoms with Crippen LogP contribution in [-0.2, 0) is 14.8 Å². The second-order valence-electron chi connectivity index (χ2n) is 5.87. The van der Waals surface area contributed by atoms with Crippen LogP contribution in [0.25, 0.3) is 0 Å². The highest BCUT2D eigenvalue weighted by molar-refractivity contribution is 7.92. The van der Waals surface area contributed by atoms with Crippen LogP contribution in [0.1, 0.15) is 13.3 Å².